The standard InChI is InChI=1S/C11H10O3S.C8H8O5/c1-5-6(2)15-7(3)10(5)8-4-9(12)14-11(8)13;1-4-5(2-3-6(9)10)8(12)13-7(4)11/h4H,1-3H3;2-3H2,1H3,(H,9,10). The molecule has 1 N–H and O–H groups in total. The highest BCUT2D eigenvalue weighted by Crippen LogP contribution is 2.34. The summed E-state index contributed by atoms with van der Waals surface area (Å²) in [5.41, 5.74) is 2.68. The summed E-state index contributed by atoms with van der Waals surface area (Å²) in [6.45, 7) is 7.34. The molecule has 2 aliphatic heterocycles. The van der Waals surface area contributed by atoms with Gasteiger partial charge in [-0.25, -0.2) is 19.2 Å². The summed E-state index contributed by atoms with van der Waals surface area (Å²) in [6.07, 6.45) is 1.14. The van der Waals surface area contributed by atoms with Gasteiger partial charge in [-0.15, -0.1) is 11.3 Å². The first kappa shape index (κ1) is 21.2. The Hall–Kier alpha value is -3.07. The first-order valence-electron chi connectivity index (χ1n) is 8.25. The zero-order valence-corrected chi connectivity index (χ0v) is 16.5. The van der Waals surface area contributed by atoms with Crippen LogP contribution in [0.15, 0.2) is 17.2 Å². The maximum atomic E-state index is 11.4. The van der Waals surface area contributed by atoms with Gasteiger partial charge in [0.1, 0.15) is 0 Å². The zero-order chi connectivity index (χ0) is 21.2. The lowest BCUT2D eigenvalue weighted by molar-refractivity contribution is -0.152. The summed E-state index contributed by atoms with van der Waals surface area (Å²) >= 11 is 1.63. The van der Waals surface area contributed by atoms with Gasteiger partial charge in [0.25, 0.3) is 0 Å². The van der Waals surface area contributed by atoms with Crippen molar-refractivity contribution in [3.05, 3.63) is 38.1 Å². The molecule has 0 amide bonds. The number of carboxylic acids is 1. The Morgan fingerprint density at radius 3 is 2.00 bits per heavy atom. The summed E-state index contributed by atoms with van der Waals surface area (Å²) in [4.78, 5) is 56.4. The van der Waals surface area contributed by atoms with Gasteiger partial charge in [-0.05, 0) is 39.7 Å². The van der Waals surface area contributed by atoms with Crippen LogP contribution in [0.1, 0.15) is 40.6 Å². The number of thiophene rings is 1. The number of hydrogen-bond acceptors (Lipinski definition) is 8. The van der Waals surface area contributed by atoms with Crippen LogP contribution >= 0.6 is 11.3 Å². The topological polar surface area (TPSA) is 124 Å². The molecule has 0 unspecified atom stereocenters. The van der Waals surface area contributed by atoms with Crippen LogP contribution in [0.5, 0.6) is 0 Å². The lowest BCUT2D eigenvalue weighted by Gasteiger charge is -2.00. The van der Waals surface area contributed by atoms with Gasteiger partial charge in [0.15, 0.2) is 0 Å². The van der Waals surface area contributed by atoms with Crippen LogP contribution in [0.4, 0.5) is 0 Å². The van der Waals surface area contributed by atoms with Gasteiger partial charge >= 0.3 is 29.8 Å². The van der Waals surface area contributed by atoms with Crippen molar-refractivity contribution in [3.8, 4) is 0 Å². The molecule has 8 nitrogen and oxygen atoms in total. The number of carbonyl (C=O) groups excluding carboxylic acids is 4. The van der Waals surface area contributed by atoms with Crippen LogP contribution in [0, 0.1) is 20.8 Å². The van der Waals surface area contributed by atoms with Crippen LogP contribution in [0.2, 0.25) is 0 Å². The highest BCUT2D eigenvalue weighted by atomic mass is 32.1. The molecule has 0 atom stereocenters. The first-order valence-corrected chi connectivity index (χ1v) is 9.07. The fourth-order valence-corrected chi connectivity index (χ4v) is 3.82. The molecule has 0 saturated heterocycles. The zero-order valence-electron chi connectivity index (χ0n) is 15.7. The van der Waals surface area contributed by atoms with Gasteiger partial charge in [0.2, 0.25) is 0 Å². The molecule has 1 aromatic rings. The van der Waals surface area contributed by atoms with E-state index >= 15 is 0 Å². The summed E-state index contributed by atoms with van der Waals surface area (Å²) < 4.78 is 8.76. The van der Waals surface area contributed by atoms with E-state index in [-0.39, 0.29) is 24.0 Å². The number of cyclic esters (lactones) is 4. The van der Waals surface area contributed by atoms with Gasteiger partial charge < -0.3 is 14.6 Å². The van der Waals surface area contributed by atoms with Gasteiger partial charge in [-0.3, -0.25) is 4.79 Å². The predicted octanol–water partition coefficient (Wildman–Crippen LogP) is 2.39. The van der Waals surface area contributed by atoms with Gasteiger partial charge in [-0.1, -0.05) is 0 Å². The summed E-state index contributed by atoms with van der Waals surface area (Å²) in [5, 5.41) is 8.35. The number of ether oxygens (including phenoxy) is 2. The minimum atomic E-state index is -1.01. The number of carboxylic acid groups (broad SMARTS) is 1. The smallest absolute Gasteiger partial charge is 0.346 e. The Morgan fingerprint density at radius 1 is 0.964 bits per heavy atom. The van der Waals surface area contributed by atoms with E-state index in [0.717, 1.165) is 20.9 Å². The third-order valence-corrected chi connectivity index (χ3v) is 5.41. The van der Waals surface area contributed by atoms with Crippen LogP contribution in [-0.4, -0.2) is 35.0 Å². The lowest BCUT2D eigenvalue weighted by atomic mass is 10.0. The van der Waals surface area contributed by atoms with Crippen molar-refractivity contribution in [2.45, 2.75) is 40.5 Å². The number of carbonyl (C=O) groups is 5. The monoisotopic (exact) mass is 406 g/mol. The Balaban J connectivity index is 0.000000203. The molecule has 3 rings (SSSR count). The minimum absolute atomic E-state index is 0.0474. The van der Waals surface area contributed by atoms with E-state index in [1.54, 1.807) is 11.3 Å². The van der Waals surface area contributed by atoms with E-state index < -0.39 is 29.8 Å². The number of rotatable bonds is 4. The molecule has 0 aromatic carbocycles. The van der Waals surface area contributed by atoms with Gasteiger partial charge in [0.05, 0.1) is 5.57 Å². The molecule has 0 saturated carbocycles. The predicted molar refractivity (Wildman–Crippen MR) is 98.3 cm³/mol. The number of aryl methyl sites for hydroxylation is 2. The maximum Gasteiger partial charge on any atom is 0.346 e. The summed E-state index contributed by atoms with van der Waals surface area (Å²) in [7, 11) is 0. The van der Waals surface area contributed by atoms with Crippen LogP contribution in [0.25, 0.3) is 5.57 Å². The molecule has 28 heavy (non-hydrogen) atoms. The van der Waals surface area contributed by atoms with Gasteiger partial charge in [0, 0.05) is 39.0 Å². The average molecular weight is 406 g/mol. The second kappa shape index (κ2) is 8.30. The fourth-order valence-electron chi connectivity index (χ4n) is 2.74. The SMILES string of the molecule is CC1=C(CCC(=O)O)C(=O)OC1=O.Cc1sc(C)c(C2=CC(=O)OC2=O)c1C. The normalized spacial score (nSPS) is 15.9. The van der Waals surface area contributed by atoms with E-state index in [4.69, 9.17) is 5.11 Å². The fraction of sp³-hybridized carbons (Fsp3) is 0.316. The number of aliphatic carboxylic acids is 1. The molecule has 3 heterocycles. The molecule has 2 aliphatic rings. The number of esters is 4. The van der Waals surface area contributed by atoms with E-state index in [9.17, 15) is 24.0 Å². The lowest BCUT2D eigenvalue weighted by Crippen LogP contribution is -2.03. The number of hydrogen-bond donors (Lipinski definition) is 1. The van der Waals surface area contributed by atoms with Crippen LogP contribution in [-0.2, 0) is 33.4 Å². The molecule has 1 aromatic heterocycles. The third kappa shape index (κ3) is 4.42. The van der Waals surface area contributed by atoms with Crippen molar-refractivity contribution in [2.75, 3.05) is 0 Å². The molecular weight excluding hydrogens is 388 g/mol. The van der Waals surface area contributed by atoms with Crippen molar-refractivity contribution in [1.29, 1.82) is 0 Å². The highest BCUT2D eigenvalue weighted by molar-refractivity contribution is 7.12. The van der Waals surface area contributed by atoms with Crippen LogP contribution < -0.4 is 0 Å². The molecule has 0 aliphatic carbocycles. The molecule has 0 radical (unpaired) electrons. The van der Waals surface area contributed by atoms with E-state index in [1.165, 1.54) is 13.0 Å². The third-order valence-electron chi connectivity index (χ3n) is 4.29. The molecule has 148 valence electrons. The van der Waals surface area contributed by atoms with Crippen molar-refractivity contribution < 1.29 is 38.6 Å². The highest BCUT2D eigenvalue weighted by Gasteiger charge is 2.30. The van der Waals surface area contributed by atoms with E-state index in [2.05, 4.69) is 9.47 Å². The molecule has 0 fully saturated rings. The quantitative estimate of drug-likeness (QED) is 0.597. The second-order valence-electron chi connectivity index (χ2n) is 6.16. The maximum absolute atomic E-state index is 11.4. The molecular formula is C19H18O8S. The van der Waals surface area contributed by atoms with Crippen molar-refractivity contribution in [3.63, 3.8) is 0 Å². The Morgan fingerprint density at radius 2 is 1.61 bits per heavy atom. The average Bonchev–Trinajstić information content (AvgIpc) is 3.13. The Kier molecular flexibility index (Phi) is 6.30. The molecule has 9 heteroatoms. The second-order valence-corrected chi connectivity index (χ2v) is 7.58. The Labute approximate surface area is 164 Å². The van der Waals surface area contributed by atoms with Gasteiger partial charge in [-0.2, -0.15) is 0 Å². The van der Waals surface area contributed by atoms with Crippen molar-refractivity contribution in [2.24, 2.45) is 0 Å². The Bertz CT molecular complexity index is 961. The van der Waals surface area contributed by atoms with Crippen molar-refractivity contribution >= 4 is 46.8 Å². The van der Waals surface area contributed by atoms with E-state index in [0.29, 0.717) is 5.57 Å². The molecule has 0 spiro atoms. The molecule has 0 bridgehead atoms. The summed E-state index contributed by atoms with van der Waals surface area (Å²) in [6, 6.07) is 0. The van der Waals surface area contributed by atoms with Crippen LogP contribution in [0.3, 0.4) is 0 Å². The van der Waals surface area contributed by atoms with E-state index in [1.807, 2.05) is 20.8 Å². The first-order chi connectivity index (χ1) is 13.0. The van der Waals surface area contributed by atoms with Crippen molar-refractivity contribution in [1.82, 2.24) is 0 Å². The summed E-state index contributed by atoms with van der Waals surface area (Å²) in [5.74, 6) is -3.51. The largest absolute Gasteiger partial charge is 0.481 e. The minimum Gasteiger partial charge on any atom is -0.481 e.